The molecule has 4 heterocycles. The van der Waals surface area contributed by atoms with Gasteiger partial charge in [0.05, 0.1) is 27.8 Å². The van der Waals surface area contributed by atoms with Crippen molar-refractivity contribution >= 4 is 43.6 Å². The Morgan fingerprint density at radius 2 is 0.595 bits per heavy atom. The van der Waals surface area contributed by atoms with Crippen LogP contribution in [0.1, 0.15) is 0 Å². The van der Waals surface area contributed by atoms with Crippen LogP contribution in [0.15, 0.2) is 255 Å². The van der Waals surface area contributed by atoms with Crippen LogP contribution in [0.4, 0.5) is 0 Å². The van der Waals surface area contributed by atoms with E-state index in [-0.39, 0.29) is 0 Å². The Labute approximate surface area is 426 Å². The first-order valence-electron chi connectivity index (χ1n) is 24.7. The minimum Gasteiger partial charge on any atom is -0.309 e. The van der Waals surface area contributed by atoms with Crippen molar-refractivity contribution in [2.24, 2.45) is 0 Å². The van der Waals surface area contributed by atoms with Crippen molar-refractivity contribution in [2.45, 2.75) is 0 Å². The van der Waals surface area contributed by atoms with Crippen molar-refractivity contribution < 1.29 is 0 Å². The van der Waals surface area contributed by atoms with E-state index in [1.807, 2.05) is 91.0 Å². The first-order valence-corrected chi connectivity index (χ1v) is 24.7. The molecule has 14 aromatic rings. The van der Waals surface area contributed by atoms with Crippen LogP contribution < -0.4 is 0 Å². The standard InChI is InChI=1S/C66H42N8/c1-6-22-43(23-7-1)49-32-16-17-35-52(49)65-70-63(46-28-12-4-13-29-46)71-66(72-65)55-40-47(64-68-61(44-24-8-2-9-25-44)67-62(69-64)45-26-10-3-11-27-45)38-39-58(55)74-57-37-21-19-34-51(57)54-41-59-53(42-60(54)74)50-33-18-20-36-56(50)73(59)48-30-14-5-15-31-48/h1-42H. The fourth-order valence-corrected chi connectivity index (χ4v) is 10.4. The Hall–Kier alpha value is -10.2. The molecule has 0 atom stereocenters. The molecule has 0 unspecified atom stereocenters. The van der Waals surface area contributed by atoms with Gasteiger partial charge in [0.2, 0.25) is 0 Å². The summed E-state index contributed by atoms with van der Waals surface area (Å²) >= 11 is 0. The van der Waals surface area contributed by atoms with Gasteiger partial charge in [0.25, 0.3) is 0 Å². The lowest BCUT2D eigenvalue weighted by molar-refractivity contribution is 1.06. The molecule has 0 spiro atoms. The van der Waals surface area contributed by atoms with Crippen LogP contribution in [0, 0.1) is 0 Å². The number of nitrogens with zero attached hydrogens (tertiary/aromatic N) is 8. The maximum Gasteiger partial charge on any atom is 0.166 e. The smallest absolute Gasteiger partial charge is 0.166 e. The highest BCUT2D eigenvalue weighted by molar-refractivity contribution is 6.19. The van der Waals surface area contributed by atoms with Crippen molar-refractivity contribution in [3.8, 4) is 90.8 Å². The van der Waals surface area contributed by atoms with Crippen molar-refractivity contribution in [1.82, 2.24) is 39.0 Å². The summed E-state index contributed by atoms with van der Waals surface area (Å²) in [6, 6.07) is 88.1. The Morgan fingerprint density at radius 3 is 1.14 bits per heavy atom. The molecule has 74 heavy (non-hydrogen) atoms. The van der Waals surface area contributed by atoms with Crippen LogP contribution in [0.2, 0.25) is 0 Å². The van der Waals surface area contributed by atoms with Crippen molar-refractivity contribution in [1.29, 1.82) is 0 Å². The number of aromatic nitrogens is 8. The molecule has 8 nitrogen and oxygen atoms in total. The fourth-order valence-electron chi connectivity index (χ4n) is 10.4. The molecule has 0 aliphatic rings. The SMILES string of the molecule is c1ccc(-c2nc(-c3ccccc3)nc(-c3ccc(-n4c5ccccc5c5cc6c(cc54)c4ccccc4n6-c4ccccc4)c(-c4nc(-c5ccccc5)nc(-c5ccccc5-c5ccccc5)n4)c3)n2)cc1. The minimum atomic E-state index is 0.502. The maximum absolute atomic E-state index is 5.52. The highest BCUT2D eigenvalue weighted by Crippen LogP contribution is 2.43. The van der Waals surface area contributed by atoms with Crippen molar-refractivity contribution in [3.63, 3.8) is 0 Å². The fraction of sp³-hybridized carbons (Fsp3) is 0. The summed E-state index contributed by atoms with van der Waals surface area (Å²) in [4.78, 5) is 31.7. The molecule has 0 fully saturated rings. The van der Waals surface area contributed by atoms with Crippen LogP contribution in [0.3, 0.4) is 0 Å². The lowest BCUT2D eigenvalue weighted by Gasteiger charge is -2.17. The Balaban J connectivity index is 1.08. The van der Waals surface area contributed by atoms with Gasteiger partial charge in [0.1, 0.15) is 0 Å². The van der Waals surface area contributed by atoms with Gasteiger partial charge in [-0.3, -0.25) is 0 Å². The number of hydrogen-bond acceptors (Lipinski definition) is 6. The summed E-state index contributed by atoms with van der Waals surface area (Å²) in [5.74, 6) is 3.29. The summed E-state index contributed by atoms with van der Waals surface area (Å²) in [5, 5.41) is 4.57. The maximum atomic E-state index is 5.52. The number of fused-ring (bicyclic) bond motifs is 6. The van der Waals surface area contributed by atoms with Crippen LogP contribution >= 0.6 is 0 Å². The average molecular weight is 947 g/mol. The quantitative estimate of drug-likeness (QED) is 0.143. The van der Waals surface area contributed by atoms with Gasteiger partial charge in [-0.25, -0.2) is 29.9 Å². The second-order valence-electron chi connectivity index (χ2n) is 18.3. The number of para-hydroxylation sites is 3. The predicted octanol–water partition coefficient (Wildman–Crippen LogP) is 15.9. The zero-order valence-electron chi connectivity index (χ0n) is 39.8. The van der Waals surface area contributed by atoms with E-state index < -0.39 is 0 Å². The molecule has 346 valence electrons. The topological polar surface area (TPSA) is 87.2 Å². The van der Waals surface area contributed by atoms with E-state index in [1.165, 1.54) is 5.39 Å². The second-order valence-corrected chi connectivity index (χ2v) is 18.3. The van der Waals surface area contributed by atoms with E-state index in [9.17, 15) is 0 Å². The van der Waals surface area contributed by atoms with Crippen LogP contribution in [-0.2, 0) is 0 Å². The van der Waals surface area contributed by atoms with Gasteiger partial charge >= 0.3 is 0 Å². The molecule has 0 saturated heterocycles. The monoisotopic (exact) mass is 946 g/mol. The summed E-state index contributed by atoms with van der Waals surface area (Å²) in [5.41, 5.74) is 13.6. The van der Waals surface area contributed by atoms with Gasteiger partial charge in [-0.15, -0.1) is 0 Å². The highest BCUT2D eigenvalue weighted by atomic mass is 15.1. The summed E-state index contributed by atoms with van der Waals surface area (Å²) in [6.45, 7) is 0. The summed E-state index contributed by atoms with van der Waals surface area (Å²) in [6.07, 6.45) is 0. The van der Waals surface area contributed by atoms with Crippen LogP contribution in [0.25, 0.3) is 134 Å². The van der Waals surface area contributed by atoms with Gasteiger partial charge in [0, 0.05) is 60.6 Å². The third kappa shape index (κ3) is 7.40. The van der Waals surface area contributed by atoms with E-state index in [4.69, 9.17) is 29.9 Å². The average Bonchev–Trinajstić information content (AvgIpc) is 3.99. The molecule has 0 bridgehead atoms. The minimum absolute atomic E-state index is 0.502. The molecule has 10 aromatic carbocycles. The third-order valence-electron chi connectivity index (χ3n) is 13.8. The van der Waals surface area contributed by atoms with E-state index in [2.05, 4.69) is 173 Å². The largest absolute Gasteiger partial charge is 0.309 e. The lowest BCUT2D eigenvalue weighted by atomic mass is 9.99. The molecule has 14 rings (SSSR count). The number of hydrogen-bond donors (Lipinski definition) is 0. The number of benzene rings is 10. The molecule has 0 aliphatic carbocycles. The van der Waals surface area contributed by atoms with Gasteiger partial charge in [0.15, 0.2) is 34.9 Å². The number of rotatable bonds is 9. The molecular formula is C66H42N8. The molecule has 8 heteroatoms. The summed E-state index contributed by atoms with van der Waals surface area (Å²) < 4.78 is 4.75. The molecule has 0 radical (unpaired) electrons. The Kier molecular flexibility index (Phi) is 10.3. The molecule has 0 amide bonds. The van der Waals surface area contributed by atoms with E-state index in [1.54, 1.807) is 0 Å². The lowest BCUT2D eigenvalue weighted by Crippen LogP contribution is -2.05. The first kappa shape index (κ1) is 42.7. The van der Waals surface area contributed by atoms with Gasteiger partial charge in [-0.2, -0.15) is 0 Å². The Morgan fingerprint density at radius 1 is 0.216 bits per heavy atom. The first-order chi connectivity index (χ1) is 36.7. The van der Waals surface area contributed by atoms with E-state index in [0.717, 1.165) is 94.1 Å². The van der Waals surface area contributed by atoms with Gasteiger partial charge < -0.3 is 9.13 Å². The van der Waals surface area contributed by atoms with Crippen LogP contribution in [0.5, 0.6) is 0 Å². The third-order valence-corrected chi connectivity index (χ3v) is 13.8. The molecule has 0 aliphatic heterocycles. The zero-order valence-corrected chi connectivity index (χ0v) is 39.8. The second kappa shape index (κ2) is 17.9. The molecule has 0 saturated carbocycles. The van der Waals surface area contributed by atoms with Crippen molar-refractivity contribution in [2.75, 3.05) is 0 Å². The molecule has 0 N–H and O–H groups in total. The van der Waals surface area contributed by atoms with E-state index in [0.29, 0.717) is 34.9 Å². The zero-order chi connectivity index (χ0) is 49.0. The van der Waals surface area contributed by atoms with E-state index >= 15 is 0 Å². The molecular weight excluding hydrogens is 905 g/mol. The highest BCUT2D eigenvalue weighted by Gasteiger charge is 2.24. The predicted molar refractivity (Wildman–Crippen MR) is 300 cm³/mol. The van der Waals surface area contributed by atoms with Gasteiger partial charge in [-0.05, 0) is 65.7 Å². The van der Waals surface area contributed by atoms with Crippen LogP contribution in [-0.4, -0.2) is 39.0 Å². The van der Waals surface area contributed by atoms with Crippen molar-refractivity contribution in [3.05, 3.63) is 255 Å². The van der Waals surface area contributed by atoms with Gasteiger partial charge in [-0.1, -0.05) is 200 Å². The normalized spacial score (nSPS) is 11.5. The Bertz CT molecular complexity index is 4340. The summed E-state index contributed by atoms with van der Waals surface area (Å²) in [7, 11) is 0. The molecule has 4 aromatic heterocycles.